The third-order valence-corrected chi connectivity index (χ3v) is 5.95. The van der Waals surface area contributed by atoms with E-state index >= 15 is 0 Å². The summed E-state index contributed by atoms with van der Waals surface area (Å²) in [5, 5.41) is 3.61. The molecule has 0 aromatic heterocycles. The van der Waals surface area contributed by atoms with E-state index in [1.807, 2.05) is 0 Å². The van der Waals surface area contributed by atoms with Gasteiger partial charge in [0.25, 0.3) is 0 Å². The lowest BCUT2D eigenvalue weighted by atomic mass is 9.72. The van der Waals surface area contributed by atoms with Crippen molar-refractivity contribution in [3.05, 3.63) is 0 Å². The Kier molecular flexibility index (Phi) is 5.53. The van der Waals surface area contributed by atoms with Gasteiger partial charge in [-0.3, -0.25) is 0 Å². The van der Waals surface area contributed by atoms with E-state index in [0.717, 1.165) is 23.8 Å². The van der Waals surface area contributed by atoms with Gasteiger partial charge in [-0.15, -0.1) is 0 Å². The first kappa shape index (κ1) is 16.3. The number of nitrogens with zero attached hydrogens (tertiary/aromatic N) is 1. The maximum atomic E-state index is 3.61. The fourth-order valence-corrected chi connectivity index (χ4v) is 4.51. The van der Waals surface area contributed by atoms with Crippen LogP contribution < -0.4 is 5.32 Å². The Morgan fingerprint density at radius 2 is 1.85 bits per heavy atom. The van der Waals surface area contributed by atoms with E-state index in [0.29, 0.717) is 5.41 Å². The summed E-state index contributed by atoms with van der Waals surface area (Å²) in [5.74, 6) is 2.60. The summed E-state index contributed by atoms with van der Waals surface area (Å²) in [6, 6.07) is 0.727. The van der Waals surface area contributed by atoms with Gasteiger partial charge in [-0.1, -0.05) is 27.7 Å². The molecule has 1 heterocycles. The van der Waals surface area contributed by atoms with E-state index in [1.165, 1.54) is 51.7 Å². The summed E-state index contributed by atoms with van der Waals surface area (Å²) in [7, 11) is 2.16. The van der Waals surface area contributed by atoms with Crippen LogP contribution in [-0.4, -0.2) is 37.6 Å². The first-order valence-corrected chi connectivity index (χ1v) is 8.81. The van der Waals surface area contributed by atoms with Crippen molar-refractivity contribution in [3.63, 3.8) is 0 Å². The van der Waals surface area contributed by atoms with Crippen molar-refractivity contribution >= 4 is 0 Å². The Bertz CT molecular complexity index is 300. The molecule has 1 aliphatic heterocycles. The van der Waals surface area contributed by atoms with E-state index in [9.17, 15) is 0 Å². The van der Waals surface area contributed by atoms with Gasteiger partial charge < -0.3 is 10.2 Å². The van der Waals surface area contributed by atoms with Crippen molar-refractivity contribution in [1.29, 1.82) is 0 Å². The summed E-state index contributed by atoms with van der Waals surface area (Å²) in [6.07, 6.45) is 6.94. The minimum atomic E-state index is 0.559. The number of hydrogen-bond donors (Lipinski definition) is 1. The molecule has 0 aromatic rings. The molecule has 20 heavy (non-hydrogen) atoms. The van der Waals surface area contributed by atoms with Crippen molar-refractivity contribution in [2.24, 2.45) is 23.2 Å². The Labute approximate surface area is 126 Å². The molecule has 0 spiro atoms. The van der Waals surface area contributed by atoms with Gasteiger partial charge in [-0.2, -0.15) is 0 Å². The number of hydrogen-bond acceptors (Lipinski definition) is 2. The topological polar surface area (TPSA) is 15.3 Å². The highest BCUT2D eigenvalue weighted by atomic mass is 15.1. The molecule has 0 bridgehead atoms. The molecular weight excluding hydrogens is 244 g/mol. The molecule has 1 saturated carbocycles. The molecule has 4 unspecified atom stereocenters. The molecule has 1 N–H and O–H groups in total. The third kappa shape index (κ3) is 4.21. The van der Waals surface area contributed by atoms with Gasteiger partial charge in [0.15, 0.2) is 0 Å². The summed E-state index contributed by atoms with van der Waals surface area (Å²) < 4.78 is 0. The highest BCUT2D eigenvalue weighted by molar-refractivity contribution is 4.89. The Hall–Kier alpha value is -0.0800. The SMILES string of the molecule is CNC1CC(C)CC(C)C1CN1CCCC(C)(C)CC1. The Morgan fingerprint density at radius 3 is 2.55 bits per heavy atom. The summed E-state index contributed by atoms with van der Waals surface area (Å²) in [4.78, 5) is 2.76. The first-order valence-electron chi connectivity index (χ1n) is 8.81. The lowest BCUT2D eigenvalue weighted by molar-refractivity contribution is 0.104. The third-order valence-electron chi connectivity index (χ3n) is 5.95. The van der Waals surface area contributed by atoms with Crippen molar-refractivity contribution in [1.82, 2.24) is 10.2 Å². The predicted octanol–water partition coefficient (Wildman–Crippen LogP) is 3.77. The van der Waals surface area contributed by atoms with Crippen molar-refractivity contribution in [3.8, 4) is 0 Å². The maximum Gasteiger partial charge on any atom is 0.0110 e. The molecule has 2 nitrogen and oxygen atoms in total. The summed E-state index contributed by atoms with van der Waals surface area (Å²) in [6.45, 7) is 13.7. The van der Waals surface area contributed by atoms with Crippen LogP contribution in [-0.2, 0) is 0 Å². The molecule has 2 rings (SSSR count). The minimum Gasteiger partial charge on any atom is -0.317 e. The zero-order chi connectivity index (χ0) is 14.8. The van der Waals surface area contributed by atoms with Gasteiger partial charge in [-0.25, -0.2) is 0 Å². The van der Waals surface area contributed by atoms with E-state index in [1.54, 1.807) is 0 Å². The maximum absolute atomic E-state index is 3.61. The molecule has 0 radical (unpaired) electrons. The average molecular weight is 280 g/mol. The first-order chi connectivity index (χ1) is 9.41. The minimum absolute atomic E-state index is 0.559. The van der Waals surface area contributed by atoms with Crippen LogP contribution in [0.2, 0.25) is 0 Å². The van der Waals surface area contributed by atoms with Gasteiger partial charge in [0.1, 0.15) is 0 Å². The molecule has 118 valence electrons. The number of nitrogens with one attached hydrogen (secondary N) is 1. The quantitative estimate of drug-likeness (QED) is 0.846. The van der Waals surface area contributed by atoms with Crippen LogP contribution in [0, 0.1) is 23.2 Å². The van der Waals surface area contributed by atoms with Crippen LogP contribution in [0.1, 0.15) is 59.8 Å². The highest BCUT2D eigenvalue weighted by Crippen LogP contribution is 2.35. The van der Waals surface area contributed by atoms with E-state index in [4.69, 9.17) is 0 Å². The van der Waals surface area contributed by atoms with Gasteiger partial charge in [0, 0.05) is 12.6 Å². The second-order valence-corrected chi connectivity index (χ2v) is 8.43. The van der Waals surface area contributed by atoms with Crippen LogP contribution in [0.5, 0.6) is 0 Å². The van der Waals surface area contributed by atoms with Crippen LogP contribution >= 0.6 is 0 Å². The Balaban J connectivity index is 1.93. The van der Waals surface area contributed by atoms with E-state index in [2.05, 4.69) is 45.0 Å². The zero-order valence-electron chi connectivity index (χ0n) is 14.4. The normalized spacial score (nSPS) is 39.5. The second kappa shape index (κ2) is 6.79. The highest BCUT2D eigenvalue weighted by Gasteiger charge is 2.34. The van der Waals surface area contributed by atoms with Crippen LogP contribution in [0.4, 0.5) is 0 Å². The van der Waals surface area contributed by atoms with E-state index < -0.39 is 0 Å². The van der Waals surface area contributed by atoms with Crippen molar-refractivity contribution < 1.29 is 0 Å². The standard InChI is InChI=1S/C18H36N2/c1-14-11-15(2)16(17(12-14)19-5)13-20-9-6-7-18(3,4)8-10-20/h14-17,19H,6-13H2,1-5H3. The number of likely N-dealkylation sites (tertiary alicyclic amines) is 1. The Morgan fingerprint density at radius 1 is 1.10 bits per heavy atom. The van der Waals surface area contributed by atoms with Gasteiger partial charge in [0.05, 0.1) is 0 Å². The molecule has 2 heteroatoms. The van der Waals surface area contributed by atoms with Gasteiger partial charge >= 0.3 is 0 Å². The van der Waals surface area contributed by atoms with Crippen molar-refractivity contribution in [2.45, 2.75) is 65.8 Å². The lowest BCUT2D eigenvalue weighted by Crippen LogP contribution is -2.48. The van der Waals surface area contributed by atoms with E-state index in [-0.39, 0.29) is 0 Å². The smallest absolute Gasteiger partial charge is 0.0110 e. The lowest BCUT2D eigenvalue weighted by Gasteiger charge is -2.42. The molecular formula is C18H36N2. The second-order valence-electron chi connectivity index (χ2n) is 8.43. The largest absolute Gasteiger partial charge is 0.317 e. The predicted molar refractivity (Wildman–Crippen MR) is 88.0 cm³/mol. The molecule has 0 amide bonds. The fourth-order valence-electron chi connectivity index (χ4n) is 4.51. The molecule has 1 saturated heterocycles. The molecule has 0 aromatic carbocycles. The summed E-state index contributed by atoms with van der Waals surface area (Å²) >= 11 is 0. The van der Waals surface area contributed by atoms with Gasteiger partial charge in [-0.05, 0) is 75.4 Å². The fraction of sp³-hybridized carbons (Fsp3) is 1.00. The van der Waals surface area contributed by atoms with Crippen LogP contribution in [0.15, 0.2) is 0 Å². The molecule has 2 aliphatic rings. The van der Waals surface area contributed by atoms with Crippen LogP contribution in [0.25, 0.3) is 0 Å². The average Bonchev–Trinajstić information content (AvgIpc) is 2.53. The van der Waals surface area contributed by atoms with Crippen LogP contribution in [0.3, 0.4) is 0 Å². The molecule has 1 aliphatic carbocycles. The number of rotatable bonds is 3. The monoisotopic (exact) mass is 280 g/mol. The molecule has 4 atom stereocenters. The van der Waals surface area contributed by atoms with Crippen molar-refractivity contribution in [2.75, 3.05) is 26.7 Å². The zero-order valence-corrected chi connectivity index (χ0v) is 14.4. The summed E-state index contributed by atoms with van der Waals surface area (Å²) in [5.41, 5.74) is 0.559. The van der Waals surface area contributed by atoms with Gasteiger partial charge in [0.2, 0.25) is 0 Å². The molecule has 2 fully saturated rings.